The number of hydrogen-bond donors (Lipinski definition) is 1. The quantitative estimate of drug-likeness (QED) is 0.663. The fourth-order valence-electron chi connectivity index (χ4n) is 2.70. The number of carbonyl (C=O) groups is 1. The molecule has 0 bridgehead atoms. The summed E-state index contributed by atoms with van der Waals surface area (Å²) in [5, 5.41) is 2.57. The van der Waals surface area contributed by atoms with Gasteiger partial charge in [0.2, 0.25) is 10.0 Å². The first-order valence-electron chi connectivity index (χ1n) is 9.31. The second-order valence-electron chi connectivity index (χ2n) is 6.35. The molecule has 0 unspecified atom stereocenters. The van der Waals surface area contributed by atoms with Crippen molar-refractivity contribution in [2.45, 2.75) is 0 Å². The first-order chi connectivity index (χ1) is 14.0. The van der Waals surface area contributed by atoms with Gasteiger partial charge in [-0.3, -0.25) is 4.79 Å². The van der Waals surface area contributed by atoms with Crippen LogP contribution in [-0.2, 0) is 19.6 Å². The van der Waals surface area contributed by atoms with Crippen LogP contribution in [0.3, 0.4) is 0 Å². The number of benzene rings is 2. The van der Waals surface area contributed by atoms with E-state index in [1.807, 2.05) is 30.3 Å². The van der Waals surface area contributed by atoms with Gasteiger partial charge >= 0.3 is 0 Å². The van der Waals surface area contributed by atoms with E-state index < -0.39 is 10.0 Å². The number of para-hydroxylation sites is 1. The van der Waals surface area contributed by atoms with E-state index in [0.29, 0.717) is 37.8 Å². The lowest BCUT2D eigenvalue weighted by Gasteiger charge is -2.26. The summed E-state index contributed by atoms with van der Waals surface area (Å²) in [6.07, 6.45) is 0. The van der Waals surface area contributed by atoms with Gasteiger partial charge in [0.15, 0.2) is 6.61 Å². The number of nitrogens with zero attached hydrogens (tertiary/aromatic N) is 1. The Bertz CT molecular complexity index is 881. The van der Waals surface area contributed by atoms with Gasteiger partial charge in [-0.1, -0.05) is 18.2 Å². The summed E-state index contributed by atoms with van der Waals surface area (Å²) in [6, 6.07) is 16.3. The number of amides is 1. The number of rotatable bonds is 9. The second kappa shape index (κ2) is 10.2. The van der Waals surface area contributed by atoms with Crippen LogP contribution in [-0.4, -0.2) is 63.8 Å². The van der Waals surface area contributed by atoms with Gasteiger partial charge in [-0.15, -0.1) is 0 Å². The maximum atomic E-state index is 12.2. The van der Waals surface area contributed by atoms with E-state index in [1.54, 1.807) is 24.3 Å². The predicted molar refractivity (Wildman–Crippen MR) is 108 cm³/mol. The van der Waals surface area contributed by atoms with E-state index in [1.165, 1.54) is 4.31 Å². The van der Waals surface area contributed by atoms with Gasteiger partial charge in [0.05, 0.1) is 19.0 Å². The third-order valence-electron chi connectivity index (χ3n) is 4.22. The van der Waals surface area contributed by atoms with E-state index >= 15 is 0 Å². The minimum absolute atomic E-state index is 0.0335. The molecule has 0 aromatic heterocycles. The number of morpholine rings is 1. The summed E-state index contributed by atoms with van der Waals surface area (Å²) in [5.41, 5.74) is 0. The van der Waals surface area contributed by atoms with Crippen LogP contribution in [0.15, 0.2) is 54.6 Å². The first kappa shape index (κ1) is 21.1. The average molecular weight is 420 g/mol. The van der Waals surface area contributed by atoms with Gasteiger partial charge in [0.1, 0.15) is 17.2 Å². The number of ether oxygens (including phenoxy) is 3. The topological polar surface area (TPSA) is 94.2 Å². The van der Waals surface area contributed by atoms with Gasteiger partial charge in [0, 0.05) is 19.6 Å². The van der Waals surface area contributed by atoms with Gasteiger partial charge in [0.25, 0.3) is 5.91 Å². The first-order valence-corrected chi connectivity index (χ1v) is 10.9. The third kappa shape index (κ3) is 6.74. The summed E-state index contributed by atoms with van der Waals surface area (Å²) in [5.74, 6) is 1.37. The van der Waals surface area contributed by atoms with Crippen molar-refractivity contribution in [3.63, 3.8) is 0 Å². The van der Waals surface area contributed by atoms with Crippen LogP contribution in [0.4, 0.5) is 0 Å². The molecule has 0 radical (unpaired) electrons. The van der Waals surface area contributed by atoms with Crippen LogP contribution >= 0.6 is 0 Å². The molecule has 1 heterocycles. The van der Waals surface area contributed by atoms with Crippen molar-refractivity contribution in [1.82, 2.24) is 9.62 Å². The number of sulfonamides is 1. The van der Waals surface area contributed by atoms with Crippen molar-refractivity contribution in [2.75, 3.05) is 45.2 Å². The van der Waals surface area contributed by atoms with Crippen LogP contribution in [0.5, 0.6) is 17.2 Å². The molecular formula is C20H24N2O6S. The molecule has 0 saturated carbocycles. The molecule has 2 aromatic rings. The molecular weight excluding hydrogens is 396 g/mol. The van der Waals surface area contributed by atoms with Gasteiger partial charge < -0.3 is 19.5 Å². The maximum Gasteiger partial charge on any atom is 0.257 e. The zero-order chi connectivity index (χ0) is 20.5. The Morgan fingerprint density at radius 2 is 1.59 bits per heavy atom. The zero-order valence-electron chi connectivity index (χ0n) is 16.0. The lowest BCUT2D eigenvalue weighted by atomic mass is 10.3. The Kier molecular flexibility index (Phi) is 7.45. The Labute approximate surface area is 170 Å². The lowest BCUT2D eigenvalue weighted by molar-refractivity contribution is -0.122. The molecule has 0 spiro atoms. The van der Waals surface area contributed by atoms with Crippen LogP contribution in [0.2, 0.25) is 0 Å². The molecule has 2 aromatic carbocycles. The monoisotopic (exact) mass is 420 g/mol. The standard InChI is InChI=1S/C20H24N2O6S/c23-20(21-10-15-29(24,25)22-11-13-26-14-12-22)16-27-17-6-8-19(9-7-17)28-18-4-2-1-3-5-18/h1-9H,10-16H2,(H,21,23). The fraction of sp³-hybridized carbons (Fsp3) is 0.350. The molecule has 1 saturated heterocycles. The Hall–Kier alpha value is -2.62. The maximum absolute atomic E-state index is 12.2. The van der Waals surface area contributed by atoms with Crippen molar-refractivity contribution >= 4 is 15.9 Å². The Morgan fingerprint density at radius 3 is 2.28 bits per heavy atom. The van der Waals surface area contributed by atoms with Crippen molar-refractivity contribution in [3.05, 3.63) is 54.6 Å². The molecule has 3 rings (SSSR count). The minimum atomic E-state index is -3.39. The summed E-state index contributed by atoms with van der Waals surface area (Å²) < 4.78 is 42.0. The van der Waals surface area contributed by atoms with E-state index in [-0.39, 0.29) is 24.8 Å². The number of carbonyl (C=O) groups excluding carboxylic acids is 1. The smallest absolute Gasteiger partial charge is 0.257 e. The molecule has 8 nitrogen and oxygen atoms in total. The van der Waals surface area contributed by atoms with Crippen molar-refractivity contribution in [3.8, 4) is 17.2 Å². The minimum Gasteiger partial charge on any atom is -0.484 e. The van der Waals surface area contributed by atoms with Crippen LogP contribution < -0.4 is 14.8 Å². The summed E-state index contributed by atoms with van der Waals surface area (Å²) in [7, 11) is -3.39. The van der Waals surface area contributed by atoms with Crippen molar-refractivity contribution < 1.29 is 27.4 Å². The highest BCUT2D eigenvalue weighted by atomic mass is 32.2. The summed E-state index contributed by atoms with van der Waals surface area (Å²) >= 11 is 0. The van der Waals surface area contributed by atoms with E-state index in [4.69, 9.17) is 14.2 Å². The molecule has 1 aliphatic heterocycles. The summed E-state index contributed by atoms with van der Waals surface area (Å²) in [6.45, 7) is 1.33. The van der Waals surface area contributed by atoms with E-state index in [9.17, 15) is 13.2 Å². The molecule has 1 amide bonds. The molecule has 0 aliphatic carbocycles. The van der Waals surface area contributed by atoms with Crippen molar-refractivity contribution in [1.29, 1.82) is 0 Å². The molecule has 1 fully saturated rings. The highest BCUT2D eigenvalue weighted by Gasteiger charge is 2.23. The molecule has 1 N–H and O–H groups in total. The molecule has 9 heteroatoms. The fourth-order valence-corrected chi connectivity index (χ4v) is 4.03. The SMILES string of the molecule is O=C(COc1ccc(Oc2ccccc2)cc1)NCCS(=O)(=O)N1CCOCC1. The number of nitrogens with one attached hydrogen (secondary N) is 1. The van der Waals surface area contributed by atoms with E-state index in [2.05, 4.69) is 5.32 Å². The predicted octanol–water partition coefficient (Wildman–Crippen LogP) is 1.64. The van der Waals surface area contributed by atoms with Crippen LogP contribution in [0.1, 0.15) is 0 Å². The summed E-state index contributed by atoms with van der Waals surface area (Å²) in [4.78, 5) is 11.9. The molecule has 1 aliphatic rings. The van der Waals surface area contributed by atoms with E-state index in [0.717, 1.165) is 5.75 Å². The highest BCUT2D eigenvalue weighted by molar-refractivity contribution is 7.89. The van der Waals surface area contributed by atoms with Gasteiger partial charge in [-0.05, 0) is 36.4 Å². The molecule has 156 valence electrons. The normalized spacial score (nSPS) is 14.9. The van der Waals surface area contributed by atoms with Gasteiger partial charge in [-0.2, -0.15) is 4.31 Å². The Balaban J connectivity index is 1.38. The molecule has 29 heavy (non-hydrogen) atoms. The largest absolute Gasteiger partial charge is 0.484 e. The van der Waals surface area contributed by atoms with Gasteiger partial charge in [-0.25, -0.2) is 8.42 Å². The third-order valence-corrected chi connectivity index (χ3v) is 6.09. The molecule has 0 atom stereocenters. The average Bonchev–Trinajstić information content (AvgIpc) is 2.74. The van der Waals surface area contributed by atoms with Crippen LogP contribution in [0, 0.1) is 0 Å². The van der Waals surface area contributed by atoms with Crippen LogP contribution in [0.25, 0.3) is 0 Å². The number of hydrogen-bond acceptors (Lipinski definition) is 6. The lowest BCUT2D eigenvalue weighted by Crippen LogP contribution is -2.44. The zero-order valence-corrected chi connectivity index (χ0v) is 16.8. The second-order valence-corrected chi connectivity index (χ2v) is 8.44. The highest BCUT2D eigenvalue weighted by Crippen LogP contribution is 2.23. The Morgan fingerprint density at radius 1 is 0.966 bits per heavy atom. The van der Waals surface area contributed by atoms with Crippen molar-refractivity contribution in [2.24, 2.45) is 0 Å².